The van der Waals surface area contributed by atoms with Gasteiger partial charge < -0.3 is 56.8 Å². The highest BCUT2D eigenvalue weighted by Gasteiger charge is 2.41. The first-order valence-corrected chi connectivity index (χ1v) is 30.2. The van der Waals surface area contributed by atoms with Gasteiger partial charge in [0.05, 0.1) is 0 Å². The average molecular weight is 1180 g/mol. The number of halogens is 2. The molecule has 23 heteroatoms. The number of amides is 8. The number of aromatic nitrogens is 2. The fraction of sp³-hybridized carbons (Fsp3) is 0.400. The SMILES string of the molecule is C[C@@H]1NC(=O)[C@@H]2CCCN2C(=O)[C@H](Cc2c[nH]c3ccc(F)cc23)NC(=O)[C@H](Cc2c[nH]c3ccc(F)cc23)NC(=O)[C@@H](C)NC(=O)CCSCc2cccc(c2)CSCCNC(=O)[C@@H]2CCCN2C(=O)[C@H](Cc2ccc(O)cc2)NC1=O. The average Bonchev–Trinajstić information content (AvgIpc) is 4.49. The Morgan fingerprint density at radius 2 is 1.07 bits per heavy atom. The first-order valence-electron chi connectivity index (χ1n) is 27.9. The standard InChI is InChI=1S/C60H68F2N10O9S2/c1-34-54(75)68-48(26-39-30-64-46-16-12-41(61)28-44(39)46)56(77)70-50(27-40-31-65-47-17-13-42(62)29-45(40)47)60(81)72-21-5-9-52(72)58(79)67-35(2)55(76)69-49(25-36-10-14-43(73)15-11-36)59(80)71-20-4-8-51(71)57(78)63-19-23-83-33-38-7-3-6-37(24-38)32-82-22-18-53(74)66-34/h3,6-7,10-17,24,28-31,34-35,48-52,64-65,73H,4-5,8-9,18-23,25-27,32-33H2,1-2H3,(H,63,78)(H,66,74)(H,67,79)(H,68,75)(H,69,76)(H,70,77)/t34-,35+,48+,49+,50+,51+,52+/m1/s1. The zero-order valence-corrected chi connectivity index (χ0v) is 47.7. The van der Waals surface area contributed by atoms with Crippen molar-refractivity contribution in [2.45, 2.75) is 119 Å². The summed E-state index contributed by atoms with van der Waals surface area (Å²) in [6.07, 6.45) is 4.36. The van der Waals surface area contributed by atoms with Gasteiger partial charge in [-0.05, 0) is 116 Å². The van der Waals surface area contributed by atoms with Crippen molar-refractivity contribution in [3.63, 3.8) is 0 Å². The maximum atomic E-state index is 15.1. The molecule has 3 aliphatic heterocycles. The zero-order chi connectivity index (χ0) is 58.7. The molecule has 4 aromatic carbocycles. The third-order valence-corrected chi connectivity index (χ3v) is 17.4. The number of fused-ring (bicyclic) bond motifs is 6. The molecule has 7 atom stereocenters. The Labute approximate surface area is 487 Å². The summed E-state index contributed by atoms with van der Waals surface area (Å²) in [6.45, 7) is 3.61. The van der Waals surface area contributed by atoms with E-state index in [0.717, 1.165) is 11.1 Å². The van der Waals surface area contributed by atoms with Crippen molar-refractivity contribution in [1.82, 2.24) is 51.7 Å². The molecule has 0 unspecified atom stereocenters. The summed E-state index contributed by atoms with van der Waals surface area (Å²) >= 11 is 3.18. The number of hydrogen-bond acceptors (Lipinski definition) is 11. The van der Waals surface area contributed by atoms with Crippen LogP contribution >= 0.6 is 23.5 Å². The summed E-state index contributed by atoms with van der Waals surface area (Å²) < 4.78 is 29.5. The summed E-state index contributed by atoms with van der Waals surface area (Å²) in [6, 6.07) is 14.1. The molecule has 0 spiro atoms. The highest BCUT2D eigenvalue weighted by atomic mass is 32.2. The van der Waals surface area contributed by atoms with E-state index in [4.69, 9.17) is 0 Å². The zero-order valence-electron chi connectivity index (χ0n) is 46.1. The molecule has 3 aliphatic rings. The molecule has 5 heterocycles. The summed E-state index contributed by atoms with van der Waals surface area (Å²) in [5.74, 6) is -3.61. The lowest BCUT2D eigenvalue weighted by Gasteiger charge is -2.31. The second kappa shape index (κ2) is 27.4. The van der Waals surface area contributed by atoms with Crippen LogP contribution in [0, 0.1) is 11.6 Å². The summed E-state index contributed by atoms with van der Waals surface area (Å²) in [5.41, 5.74) is 4.76. The predicted octanol–water partition coefficient (Wildman–Crippen LogP) is 4.79. The topological polar surface area (TPSA) is 267 Å². The van der Waals surface area contributed by atoms with Crippen LogP contribution in [0.2, 0.25) is 0 Å². The van der Waals surface area contributed by atoms with E-state index < -0.39 is 95.3 Å². The van der Waals surface area contributed by atoms with Gasteiger partial charge in [0.25, 0.3) is 0 Å². The summed E-state index contributed by atoms with van der Waals surface area (Å²) in [5, 5.41) is 27.8. The lowest BCUT2D eigenvalue weighted by Crippen LogP contribution is -2.60. The largest absolute Gasteiger partial charge is 0.508 e. The number of hydrogen-bond donors (Lipinski definition) is 9. The lowest BCUT2D eigenvalue weighted by molar-refractivity contribution is -0.143. The molecule has 9 rings (SSSR count). The Balaban J connectivity index is 0.997. The van der Waals surface area contributed by atoms with E-state index in [0.29, 0.717) is 87.3 Å². The van der Waals surface area contributed by atoms with E-state index in [9.17, 15) is 47.4 Å². The molecule has 19 nitrogen and oxygen atoms in total. The minimum absolute atomic E-state index is 0.00196. The van der Waals surface area contributed by atoms with Gasteiger partial charge in [0.15, 0.2) is 0 Å². The maximum absolute atomic E-state index is 15.1. The van der Waals surface area contributed by atoms with Gasteiger partial charge in [0, 0.05) is 103 Å². The van der Waals surface area contributed by atoms with Crippen LogP contribution in [-0.4, -0.2) is 146 Å². The quantitative estimate of drug-likeness (QED) is 0.109. The second-order valence-corrected chi connectivity index (χ2v) is 23.5. The minimum Gasteiger partial charge on any atom is -0.508 e. The van der Waals surface area contributed by atoms with Crippen LogP contribution in [0.25, 0.3) is 21.8 Å². The molecule has 438 valence electrons. The van der Waals surface area contributed by atoms with Gasteiger partial charge in [0.2, 0.25) is 47.3 Å². The van der Waals surface area contributed by atoms with Crippen molar-refractivity contribution in [3.05, 3.63) is 137 Å². The summed E-state index contributed by atoms with van der Waals surface area (Å²) in [4.78, 5) is 123. The third-order valence-electron chi connectivity index (χ3n) is 15.3. The van der Waals surface area contributed by atoms with Crippen molar-refractivity contribution >= 4 is 92.6 Å². The monoisotopic (exact) mass is 1170 g/mol. The molecule has 6 aromatic rings. The molecule has 83 heavy (non-hydrogen) atoms. The Hall–Kier alpha value is -7.92. The van der Waals surface area contributed by atoms with E-state index in [1.165, 1.54) is 72.2 Å². The Bertz CT molecular complexity index is 3380. The van der Waals surface area contributed by atoms with E-state index >= 15 is 4.79 Å². The van der Waals surface area contributed by atoms with Gasteiger partial charge in [-0.15, -0.1) is 0 Å². The first kappa shape index (κ1) is 59.7. The number of aromatic hydroxyl groups is 1. The second-order valence-electron chi connectivity index (χ2n) is 21.3. The Morgan fingerprint density at radius 3 is 1.67 bits per heavy atom. The number of phenolic OH excluding ortho intramolecular Hbond substituents is 1. The van der Waals surface area contributed by atoms with Crippen molar-refractivity contribution in [2.75, 3.05) is 31.1 Å². The van der Waals surface area contributed by atoms with Crippen molar-refractivity contribution < 1.29 is 52.2 Å². The number of H-pyrrole nitrogens is 2. The molecule has 2 bridgehead atoms. The van der Waals surface area contributed by atoms with E-state index in [2.05, 4.69) is 47.9 Å². The number of phenols is 1. The van der Waals surface area contributed by atoms with Gasteiger partial charge in [-0.25, -0.2) is 8.78 Å². The highest BCUT2D eigenvalue weighted by Crippen LogP contribution is 2.27. The molecule has 0 saturated carbocycles. The van der Waals surface area contributed by atoms with Crippen LogP contribution in [0.4, 0.5) is 8.78 Å². The number of thioether (sulfide) groups is 2. The van der Waals surface area contributed by atoms with E-state index in [1.54, 1.807) is 48.1 Å². The smallest absolute Gasteiger partial charge is 0.246 e. The van der Waals surface area contributed by atoms with Gasteiger partial charge in [-0.1, -0.05) is 36.4 Å². The summed E-state index contributed by atoms with van der Waals surface area (Å²) in [7, 11) is 0. The third kappa shape index (κ3) is 15.2. The van der Waals surface area contributed by atoms with Crippen LogP contribution in [0.3, 0.4) is 0 Å². The number of benzene rings is 4. The maximum Gasteiger partial charge on any atom is 0.246 e. The number of nitrogens with zero attached hydrogens (tertiary/aromatic N) is 2. The van der Waals surface area contributed by atoms with Crippen LogP contribution in [0.1, 0.15) is 73.8 Å². The molecule has 2 fully saturated rings. The van der Waals surface area contributed by atoms with E-state index in [1.807, 2.05) is 18.2 Å². The van der Waals surface area contributed by atoms with Crippen LogP contribution < -0.4 is 31.9 Å². The molecular weight excluding hydrogens is 1110 g/mol. The highest BCUT2D eigenvalue weighted by molar-refractivity contribution is 7.98. The van der Waals surface area contributed by atoms with Crippen LogP contribution in [0.15, 0.2) is 97.3 Å². The number of nitrogens with one attached hydrogen (secondary N) is 8. The lowest BCUT2D eigenvalue weighted by atomic mass is 10.0. The van der Waals surface area contributed by atoms with Crippen LogP contribution in [-0.2, 0) is 69.1 Å². The molecule has 8 amide bonds. The molecule has 2 aromatic heterocycles. The van der Waals surface area contributed by atoms with E-state index in [-0.39, 0.29) is 56.9 Å². The first-order chi connectivity index (χ1) is 40.0. The molecule has 9 N–H and O–H groups in total. The normalized spacial score (nSPS) is 23.8. The number of carbonyl (C=O) groups excluding carboxylic acids is 8. The molecule has 0 radical (unpaired) electrons. The molecular formula is C60H68F2N10O9S2. The van der Waals surface area contributed by atoms with Crippen LogP contribution in [0.5, 0.6) is 5.75 Å². The van der Waals surface area contributed by atoms with Gasteiger partial charge in [-0.2, -0.15) is 23.5 Å². The fourth-order valence-electron chi connectivity index (χ4n) is 10.9. The van der Waals surface area contributed by atoms with Gasteiger partial charge in [-0.3, -0.25) is 38.4 Å². The Morgan fingerprint density at radius 1 is 0.554 bits per heavy atom. The number of aromatic amines is 2. The number of rotatable bonds is 6. The number of carbonyl (C=O) groups is 8. The van der Waals surface area contributed by atoms with Crippen molar-refractivity contribution in [1.29, 1.82) is 0 Å². The molecule has 0 aliphatic carbocycles. The Kier molecular flexibility index (Phi) is 19.7. The van der Waals surface area contributed by atoms with Gasteiger partial charge >= 0.3 is 0 Å². The molecule has 2 saturated heterocycles. The predicted molar refractivity (Wildman–Crippen MR) is 313 cm³/mol. The van der Waals surface area contributed by atoms with Crippen molar-refractivity contribution in [2.24, 2.45) is 0 Å². The minimum atomic E-state index is -1.43. The van der Waals surface area contributed by atoms with Gasteiger partial charge in [0.1, 0.15) is 59.7 Å². The van der Waals surface area contributed by atoms with Crippen molar-refractivity contribution in [3.8, 4) is 5.75 Å². The fourth-order valence-corrected chi connectivity index (χ4v) is 12.6.